The number of carbonyl (C=O) groups is 1. The Morgan fingerprint density at radius 3 is 2.74 bits per heavy atom. The van der Waals surface area contributed by atoms with Gasteiger partial charge in [0.25, 0.3) is 10.0 Å². The number of carboxylic acids is 1. The highest BCUT2D eigenvalue weighted by Crippen LogP contribution is 2.23. The zero-order valence-electron chi connectivity index (χ0n) is 9.29. The third-order valence-electron chi connectivity index (χ3n) is 2.24. The molecule has 3 N–H and O–H groups in total. The second-order valence-corrected chi connectivity index (χ2v) is 5.65. The van der Waals surface area contributed by atoms with Crippen molar-refractivity contribution in [2.45, 2.75) is 4.90 Å². The third-order valence-corrected chi connectivity index (χ3v) is 3.81. The van der Waals surface area contributed by atoms with Crippen LogP contribution in [0.1, 0.15) is 10.4 Å². The lowest BCUT2D eigenvalue weighted by atomic mass is 10.2. The van der Waals surface area contributed by atoms with Crippen molar-refractivity contribution in [2.75, 3.05) is 4.72 Å². The molecule has 0 bridgehead atoms. The largest absolute Gasteiger partial charge is 0.478 e. The molecule has 0 saturated carbocycles. The molecule has 0 aliphatic carbocycles. The fourth-order valence-corrected chi connectivity index (χ4v) is 2.52. The van der Waals surface area contributed by atoms with Gasteiger partial charge >= 0.3 is 5.97 Å². The first-order valence-electron chi connectivity index (χ1n) is 4.94. The number of aromatic nitrogens is 2. The van der Waals surface area contributed by atoms with E-state index in [1.807, 2.05) is 0 Å². The van der Waals surface area contributed by atoms with Gasteiger partial charge in [-0.2, -0.15) is 5.10 Å². The maximum Gasteiger partial charge on any atom is 0.337 e. The Labute approximate surface area is 113 Å². The van der Waals surface area contributed by atoms with Gasteiger partial charge in [0.1, 0.15) is 4.90 Å². The minimum absolute atomic E-state index is 0.108. The number of halogens is 1. The van der Waals surface area contributed by atoms with Gasteiger partial charge in [0.05, 0.1) is 17.4 Å². The van der Waals surface area contributed by atoms with Crippen LogP contribution in [0.4, 0.5) is 5.69 Å². The molecule has 0 aliphatic rings. The Morgan fingerprint density at radius 1 is 1.42 bits per heavy atom. The summed E-state index contributed by atoms with van der Waals surface area (Å²) in [7, 11) is -3.91. The normalized spacial score (nSPS) is 11.2. The first-order valence-corrected chi connectivity index (χ1v) is 6.81. The van der Waals surface area contributed by atoms with Crippen molar-refractivity contribution in [1.29, 1.82) is 0 Å². The molecule has 1 aromatic heterocycles. The summed E-state index contributed by atoms with van der Waals surface area (Å²) >= 11 is 5.73. The van der Waals surface area contributed by atoms with Crippen LogP contribution in [0.3, 0.4) is 0 Å². The van der Waals surface area contributed by atoms with Crippen LogP contribution in [0.5, 0.6) is 0 Å². The fraction of sp³-hybridized carbons (Fsp3) is 0. The lowest BCUT2D eigenvalue weighted by Crippen LogP contribution is -2.15. The summed E-state index contributed by atoms with van der Waals surface area (Å²) in [4.78, 5) is 10.9. The highest BCUT2D eigenvalue weighted by molar-refractivity contribution is 7.92. The lowest BCUT2D eigenvalue weighted by Gasteiger charge is -2.09. The monoisotopic (exact) mass is 301 g/mol. The van der Waals surface area contributed by atoms with Crippen molar-refractivity contribution >= 4 is 33.3 Å². The molecule has 0 radical (unpaired) electrons. The average Bonchev–Trinajstić information content (AvgIpc) is 2.81. The highest BCUT2D eigenvalue weighted by Gasteiger charge is 2.19. The summed E-state index contributed by atoms with van der Waals surface area (Å²) in [6.45, 7) is 0. The summed E-state index contributed by atoms with van der Waals surface area (Å²) < 4.78 is 26.0. The number of hydrogen-bond acceptors (Lipinski definition) is 4. The number of nitrogens with zero attached hydrogens (tertiary/aromatic N) is 1. The molecular weight excluding hydrogens is 294 g/mol. The van der Waals surface area contributed by atoms with E-state index in [0.29, 0.717) is 0 Å². The van der Waals surface area contributed by atoms with Gasteiger partial charge in [0, 0.05) is 11.2 Å². The molecule has 0 fully saturated rings. The minimum Gasteiger partial charge on any atom is -0.478 e. The molecule has 2 rings (SSSR count). The molecular formula is C10H8ClN3O4S. The molecule has 2 aromatic rings. The molecule has 0 amide bonds. The number of rotatable bonds is 4. The van der Waals surface area contributed by atoms with Crippen LogP contribution in [-0.4, -0.2) is 29.7 Å². The van der Waals surface area contributed by atoms with Crippen molar-refractivity contribution in [1.82, 2.24) is 10.2 Å². The van der Waals surface area contributed by atoms with Gasteiger partial charge in [-0.15, -0.1) is 0 Å². The minimum atomic E-state index is -3.91. The molecule has 0 atom stereocenters. The number of anilines is 1. The molecule has 100 valence electrons. The molecule has 0 aliphatic heterocycles. The highest BCUT2D eigenvalue weighted by atomic mass is 35.5. The molecule has 7 nitrogen and oxygen atoms in total. The first kappa shape index (κ1) is 13.4. The van der Waals surface area contributed by atoms with Gasteiger partial charge in [-0.05, 0) is 18.2 Å². The van der Waals surface area contributed by atoms with E-state index in [4.69, 9.17) is 16.7 Å². The zero-order valence-corrected chi connectivity index (χ0v) is 10.9. The molecule has 0 saturated heterocycles. The van der Waals surface area contributed by atoms with Gasteiger partial charge in [0.2, 0.25) is 0 Å². The third kappa shape index (κ3) is 2.85. The Bertz CT molecular complexity index is 712. The van der Waals surface area contributed by atoms with Crippen molar-refractivity contribution in [3.8, 4) is 0 Å². The average molecular weight is 302 g/mol. The Hall–Kier alpha value is -2.06. The summed E-state index contributed by atoms with van der Waals surface area (Å²) in [5.74, 6) is -1.26. The van der Waals surface area contributed by atoms with E-state index in [1.54, 1.807) is 0 Å². The smallest absolute Gasteiger partial charge is 0.337 e. The van der Waals surface area contributed by atoms with Gasteiger partial charge in [-0.25, -0.2) is 13.2 Å². The van der Waals surface area contributed by atoms with Crippen LogP contribution in [0.2, 0.25) is 5.02 Å². The number of nitrogens with one attached hydrogen (secondary N) is 2. The number of sulfonamides is 1. The summed E-state index contributed by atoms with van der Waals surface area (Å²) in [6.07, 6.45) is 2.28. The molecule has 0 spiro atoms. The number of hydrogen-bond donors (Lipinski definition) is 3. The van der Waals surface area contributed by atoms with Crippen molar-refractivity contribution < 1.29 is 18.3 Å². The SMILES string of the molecule is O=C(O)c1ccc(Cl)cc1NS(=O)(=O)c1cn[nH]c1. The molecule has 1 aromatic carbocycles. The van der Waals surface area contributed by atoms with Gasteiger partial charge in [-0.3, -0.25) is 9.82 Å². The van der Waals surface area contributed by atoms with E-state index in [9.17, 15) is 13.2 Å². The van der Waals surface area contributed by atoms with Crippen LogP contribution in [0.25, 0.3) is 0 Å². The summed E-state index contributed by atoms with van der Waals surface area (Å²) in [5.41, 5.74) is -0.308. The standard InChI is InChI=1S/C10H8ClN3O4S/c11-6-1-2-8(10(15)16)9(3-6)14-19(17,18)7-4-12-13-5-7/h1-5,14H,(H,12,13)(H,15,16). The van der Waals surface area contributed by atoms with E-state index < -0.39 is 16.0 Å². The van der Waals surface area contributed by atoms with Crippen LogP contribution in [0, 0.1) is 0 Å². The number of benzene rings is 1. The number of aromatic amines is 1. The maximum absolute atomic E-state index is 11.9. The number of carboxylic acid groups (broad SMARTS) is 1. The van der Waals surface area contributed by atoms with E-state index in [-0.39, 0.29) is 21.2 Å². The topological polar surface area (TPSA) is 112 Å². The predicted octanol–water partition coefficient (Wildman–Crippen LogP) is 1.56. The molecule has 1 heterocycles. The zero-order chi connectivity index (χ0) is 14.0. The van der Waals surface area contributed by atoms with Crippen molar-refractivity contribution in [3.05, 3.63) is 41.2 Å². The number of aromatic carboxylic acids is 1. The van der Waals surface area contributed by atoms with Crippen LogP contribution in [-0.2, 0) is 10.0 Å². The first-order chi connectivity index (χ1) is 8.90. The Balaban J connectivity index is 2.44. The van der Waals surface area contributed by atoms with E-state index in [2.05, 4.69) is 14.9 Å². The van der Waals surface area contributed by atoms with Crippen molar-refractivity contribution in [2.24, 2.45) is 0 Å². The summed E-state index contributed by atoms with van der Waals surface area (Å²) in [5, 5.41) is 15.1. The molecule has 0 unspecified atom stereocenters. The quantitative estimate of drug-likeness (QED) is 0.793. The molecule has 9 heteroatoms. The van der Waals surface area contributed by atoms with E-state index in [1.165, 1.54) is 24.4 Å². The van der Waals surface area contributed by atoms with Gasteiger partial charge in [-0.1, -0.05) is 11.6 Å². The van der Waals surface area contributed by atoms with Gasteiger partial charge < -0.3 is 5.11 Å². The predicted molar refractivity (Wildman–Crippen MR) is 67.8 cm³/mol. The molecule has 19 heavy (non-hydrogen) atoms. The summed E-state index contributed by atoms with van der Waals surface area (Å²) in [6, 6.07) is 3.81. The van der Waals surface area contributed by atoms with Crippen LogP contribution < -0.4 is 4.72 Å². The van der Waals surface area contributed by atoms with E-state index in [0.717, 1.165) is 6.20 Å². The second-order valence-electron chi connectivity index (χ2n) is 3.53. The second kappa shape index (κ2) is 4.90. The Kier molecular flexibility index (Phi) is 3.45. The van der Waals surface area contributed by atoms with E-state index >= 15 is 0 Å². The van der Waals surface area contributed by atoms with Crippen LogP contribution in [0.15, 0.2) is 35.5 Å². The fourth-order valence-electron chi connectivity index (χ4n) is 1.38. The maximum atomic E-state index is 11.9. The lowest BCUT2D eigenvalue weighted by molar-refractivity contribution is 0.0698. The Morgan fingerprint density at radius 2 is 2.16 bits per heavy atom. The van der Waals surface area contributed by atoms with Crippen LogP contribution >= 0.6 is 11.6 Å². The van der Waals surface area contributed by atoms with Crippen molar-refractivity contribution in [3.63, 3.8) is 0 Å². The number of H-pyrrole nitrogens is 1. The van der Waals surface area contributed by atoms with Gasteiger partial charge in [0.15, 0.2) is 0 Å².